The summed E-state index contributed by atoms with van der Waals surface area (Å²) in [7, 11) is -8.88. The minimum absolute atomic E-state index is 0.233. The molecule has 2 unspecified atom stereocenters. The van der Waals surface area contributed by atoms with Gasteiger partial charge in [-0.25, -0.2) is 13.8 Å². The lowest BCUT2D eigenvalue weighted by Gasteiger charge is -2.28. The molecule has 0 saturated carbocycles. The summed E-state index contributed by atoms with van der Waals surface area (Å²) in [5, 5.41) is 9.85. The Bertz CT molecular complexity index is 840. The average molecular weight is 438 g/mol. The van der Waals surface area contributed by atoms with Crippen LogP contribution in [0, 0.1) is 0 Å². The first-order valence-electron chi connectivity index (χ1n) is 6.82. The molecule has 0 bridgehead atoms. The summed E-state index contributed by atoms with van der Waals surface area (Å²) < 4.78 is 77.0. The number of aliphatic hydroxyl groups excluding tert-OH is 1. The van der Waals surface area contributed by atoms with Crippen LogP contribution in [0.1, 0.15) is 6.23 Å². The molecule has 1 aliphatic heterocycles. The molecule has 1 aliphatic rings. The van der Waals surface area contributed by atoms with Crippen molar-refractivity contribution in [3.63, 3.8) is 0 Å². The van der Waals surface area contributed by atoms with Crippen LogP contribution in [0.15, 0.2) is 17.1 Å². The molecule has 152 valence electrons. The number of halogens is 3. The third kappa shape index (κ3) is 4.36. The Morgan fingerprint density at radius 2 is 2.15 bits per heavy atom. The van der Waals surface area contributed by atoms with Crippen LogP contribution in [-0.2, 0) is 22.7 Å². The predicted octanol–water partition coefficient (Wildman–Crippen LogP) is -0.158. The van der Waals surface area contributed by atoms with Crippen molar-refractivity contribution < 1.29 is 50.8 Å². The summed E-state index contributed by atoms with van der Waals surface area (Å²) in [6, 6.07) is 0.965. The summed E-state index contributed by atoms with van der Waals surface area (Å²) in [5.74, 6) is -4.56. The Kier molecular flexibility index (Phi) is 6.09. The van der Waals surface area contributed by atoms with E-state index in [1.54, 1.807) is 0 Å². The monoisotopic (exact) mass is 438 g/mol. The quantitative estimate of drug-likeness (QED) is 0.415. The van der Waals surface area contributed by atoms with Gasteiger partial charge in [0.05, 0.1) is 6.61 Å². The molecule has 1 aromatic heterocycles. The van der Waals surface area contributed by atoms with Crippen molar-refractivity contribution in [2.24, 2.45) is 0 Å². The first kappa shape index (κ1) is 21.9. The molecular weight excluding hydrogens is 425 g/mol. The fourth-order valence-corrected chi connectivity index (χ4v) is 3.53. The van der Waals surface area contributed by atoms with E-state index in [-0.39, 0.29) is 10.4 Å². The number of alkyl halides is 3. The number of rotatable bonds is 7. The van der Waals surface area contributed by atoms with Gasteiger partial charge >= 0.3 is 27.7 Å². The largest absolute Gasteiger partial charge is 0.705 e. The van der Waals surface area contributed by atoms with Gasteiger partial charge in [0.25, 0.3) is 0 Å². The first-order valence-corrected chi connectivity index (χ1v) is 9.45. The van der Waals surface area contributed by atoms with E-state index in [9.17, 15) is 37.1 Å². The molecule has 12 nitrogen and oxygen atoms in total. The minimum atomic E-state index is -5.27. The van der Waals surface area contributed by atoms with Gasteiger partial charge in [-0.1, -0.05) is 0 Å². The number of ether oxygens (including phenoxy) is 1. The average Bonchev–Trinajstić information content (AvgIpc) is 2.73. The van der Waals surface area contributed by atoms with Gasteiger partial charge in [0, 0.05) is 10.8 Å². The van der Waals surface area contributed by atoms with Crippen LogP contribution in [0.25, 0.3) is 0 Å². The number of nitrogens with two attached hydrogens (primary N) is 1. The summed E-state index contributed by atoms with van der Waals surface area (Å²) in [6.07, 6.45) is -4.73. The smallest absolute Gasteiger partial charge is 0.383 e. The van der Waals surface area contributed by atoms with Crippen molar-refractivity contribution in [3.8, 4) is 0 Å². The SMILES string of the molecule is Nc1ccn([C@@H]2O[C@](CF)(COP(=O)(O)O[P+](=O)O)[C@@H](O)C2(F)F)c(=O)n1. The van der Waals surface area contributed by atoms with Crippen molar-refractivity contribution in [2.75, 3.05) is 19.0 Å². The maximum Gasteiger partial charge on any atom is 0.705 e. The van der Waals surface area contributed by atoms with Crippen molar-refractivity contribution in [3.05, 3.63) is 22.7 Å². The molecule has 17 heteroatoms. The number of aliphatic hydroxyl groups is 1. The molecule has 0 radical (unpaired) electrons. The van der Waals surface area contributed by atoms with Crippen molar-refractivity contribution in [1.82, 2.24) is 9.55 Å². The van der Waals surface area contributed by atoms with Crippen LogP contribution in [0.2, 0.25) is 0 Å². The zero-order valence-corrected chi connectivity index (χ0v) is 14.8. The second-order valence-electron chi connectivity index (χ2n) is 5.35. The molecule has 0 aliphatic carbocycles. The van der Waals surface area contributed by atoms with E-state index in [1.807, 2.05) is 0 Å². The number of hydrogen-bond acceptors (Lipinski definition) is 9. The molecule has 0 spiro atoms. The van der Waals surface area contributed by atoms with E-state index in [0.717, 1.165) is 12.3 Å². The summed E-state index contributed by atoms with van der Waals surface area (Å²) in [5.41, 5.74) is 1.04. The Hall–Kier alpha value is -1.44. The second kappa shape index (κ2) is 7.53. The number of anilines is 1. The maximum absolute atomic E-state index is 14.4. The van der Waals surface area contributed by atoms with E-state index in [4.69, 9.17) is 15.4 Å². The van der Waals surface area contributed by atoms with Gasteiger partial charge in [-0.3, -0.25) is 14.0 Å². The zero-order valence-electron chi connectivity index (χ0n) is 13.0. The maximum atomic E-state index is 14.4. The van der Waals surface area contributed by atoms with Crippen LogP contribution < -0.4 is 11.4 Å². The number of nitrogens with zero attached hydrogens (tertiary/aromatic N) is 2. The summed E-state index contributed by atoms with van der Waals surface area (Å²) in [6.45, 7) is -3.33. The van der Waals surface area contributed by atoms with Crippen molar-refractivity contribution in [1.29, 1.82) is 0 Å². The Morgan fingerprint density at radius 1 is 1.52 bits per heavy atom. The van der Waals surface area contributed by atoms with Crippen LogP contribution in [0.4, 0.5) is 19.0 Å². The molecule has 0 aromatic carbocycles. The standard InChI is InChI=1S/C10H12F3N3O9P2/c11-3-9(4-23-27(21,22)25-26(19)20)6(17)10(12,13)7(24-9)16-2-1-5(14)15-8(16)18/h1-2,6-7,17H,3-4H2,(H3-,14,15,18,19,20,21,22)/p+1/t6-,7-,9-/m1/s1. The third-order valence-corrected chi connectivity index (χ3v) is 5.35. The molecule has 5 atom stereocenters. The highest BCUT2D eigenvalue weighted by Gasteiger charge is 2.68. The van der Waals surface area contributed by atoms with E-state index < -0.39 is 58.9 Å². The highest BCUT2D eigenvalue weighted by Crippen LogP contribution is 2.54. The van der Waals surface area contributed by atoms with Gasteiger partial charge < -0.3 is 15.6 Å². The second-order valence-corrected chi connectivity index (χ2v) is 7.67. The molecule has 5 N–H and O–H groups in total. The van der Waals surface area contributed by atoms with Gasteiger partial charge in [0.2, 0.25) is 6.23 Å². The van der Waals surface area contributed by atoms with Crippen LogP contribution >= 0.6 is 16.1 Å². The third-order valence-electron chi connectivity index (χ3n) is 3.51. The van der Waals surface area contributed by atoms with Gasteiger partial charge in [0.1, 0.15) is 12.5 Å². The molecule has 27 heavy (non-hydrogen) atoms. The van der Waals surface area contributed by atoms with E-state index in [2.05, 4.69) is 13.8 Å². The predicted molar refractivity (Wildman–Crippen MR) is 79.4 cm³/mol. The van der Waals surface area contributed by atoms with E-state index in [1.165, 1.54) is 0 Å². The lowest BCUT2D eigenvalue weighted by molar-refractivity contribution is -0.147. The Balaban J connectivity index is 2.34. The number of aromatic nitrogens is 2. The molecule has 1 aromatic rings. The van der Waals surface area contributed by atoms with Gasteiger partial charge in [-0.05, 0) is 10.4 Å². The Labute approximate surface area is 148 Å². The molecule has 2 heterocycles. The fourth-order valence-electron chi connectivity index (χ4n) is 2.26. The first-order chi connectivity index (χ1) is 12.3. The number of phosphoric ester groups is 1. The van der Waals surface area contributed by atoms with Crippen LogP contribution in [0.3, 0.4) is 0 Å². The highest BCUT2D eigenvalue weighted by molar-refractivity contribution is 7.55. The lowest BCUT2D eigenvalue weighted by atomic mass is 9.97. The van der Waals surface area contributed by atoms with E-state index >= 15 is 0 Å². The van der Waals surface area contributed by atoms with Crippen molar-refractivity contribution >= 4 is 21.9 Å². The molecule has 2 rings (SSSR count). The topological polar surface area (TPSA) is 183 Å². The summed E-state index contributed by atoms with van der Waals surface area (Å²) in [4.78, 5) is 32.5. The van der Waals surface area contributed by atoms with Crippen molar-refractivity contribution in [2.45, 2.75) is 23.9 Å². The number of hydrogen-bond donors (Lipinski definition) is 4. The van der Waals surface area contributed by atoms with Crippen LogP contribution in [0.5, 0.6) is 0 Å². The van der Waals surface area contributed by atoms with E-state index in [0.29, 0.717) is 0 Å². The molecule has 0 amide bonds. The lowest BCUT2D eigenvalue weighted by Crippen LogP contribution is -2.51. The summed E-state index contributed by atoms with van der Waals surface area (Å²) >= 11 is 0. The van der Waals surface area contributed by atoms with Crippen LogP contribution in [-0.4, -0.2) is 55.4 Å². The Morgan fingerprint density at radius 3 is 2.67 bits per heavy atom. The number of nitrogen functional groups attached to an aromatic ring is 1. The van der Waals surface area contributed by atoms with Gasteiger partial charge in [-0.2, -0.15) is 13.8 Å². The fraction of sp³-hybridized carbons (Fsp3) is 0.600. The normalized spacial score (nSPS) is 30.1. The molecular formula is C10H13F3N3O9P2+. The van der Waals surface area contributed by atoms with Gasteiger partial charge in [0.15, 0.2) is 11.7 Å². The highest BCUT2D eigenvalue weighted by atomic mass is 31.2. The molecule has 1 fully saturated rings. The zero-order chi connectivity index (χ0) is 20.6. The minimum Gasteiger partial charge on any atom is -0.383 e. The molecule has 1 saturated heterocycles. The number of phosphoric acid groups is 1. The van der Waals surface area contributed by atoms with Gasteiger partial charge in [-0.15, -0.1) is 4.89 Å².